The number of anilines is 1. The van der Waals surface area contributed by atoms with Crippen LogP contribution in [0, 0.1) is 11.8 Å². The fraction of sp³-hybridized carbons (Fsp3) is 0.611. The zero-order chi connectivity index (χ0) is 16.3. The van der Waals surface area contributed by atoms with Gasteiger partial charge < -0.3 is 15.5 Å². The summed E-state index contributed by atoms with van der Waals surface area (Å²) < 4.78 is 0. The zero-order valence-electron chi connectivity index (χ0n) is 15.1. The van der Waals surface area contributed by atoms with E-state index < -0.39 is 0 Å². The number of benzene rings is 1. The van der Waals surface area contributed by atoms with Crippen LogP contribution in [-0.4, -0.2) is 43.5 Å². The van der Waals surface area contributed by atoms with Crippen LogP contribution in [0.15, 0.2) is 24.3 Å². The summed E-state index contributed by atoms with van der Waals surface area (Å²) in [5.41, 5.74) is 7.67. The van der Waals surface area contributed by atoms with Crippen LogP contribution in [0.25, 0.3) is 0 Å². The highest BCUT2D eigenvalue weighted by atomic mass is 35.5. The number of hydrogen-bond acceptors (Lipinski definition) is 3. The summed E-state index contributed by atoms with van der Waals surface area (Å²) in [5.74, 6) is 1.18. The summed E-state index contributed by atoms with van der Waals surface area (Å²) in [6, 6.07) is 8.24. The monoisotopic (exact) mass is 375 g/mol. The molecule has 1 saturated heterocycles. The molecular formula is C18H31Cl2N3O. The zero-order valence-corrected chi connectivity index (χ0v) is 16.7. The lowest BCUT2D eigenvalue weighted by Crippen LogP contribution is -2.34. The average molecular weight is 376 g/mol. The second-order valence-electron chi connectivity index (χ2n) is 6.97. The van der Waals surface area contributed by atoms with Gasteiger partial charge in [0.1, 0.15) is 0 Å². The molecule has 1 aliphatic heterocycles. The first kappa shape index (κ1) is 23.0. The number of rotatable bonds is 5. The minimum absolute atomic E-state index is 0. The number of carbonyl (C=O) groups excluding carboxylic acids is 1. The van der Waals surface area contributed by atoms with Crippen LogP contribution >= 0.6 is 24.8 Å². The summed E-state index contributed by atoms with van der Waals surface area (Å²) in [7, 11) is 2.09. The van der Waals surface area contributed by atoms with Crippen molar-refractivity contribution >= 4 is 36.4 Å². The maximum absolute atomic E-state index is 12.6. The fourth-order valence-corrected chi connectivity index (χ4v) is 3.27. The van der Waals surface area contributed by atoms with E-state index in [9.17, 15) is 4.79 Å². The van der Waals surface area contributed by atoms with Gasteiger partial charge in [0.05, 0.1) is 0 Å². The first-order valence-corrected chi connectivity index (χ1v) is 8.24. The minimum Gasteiger partial charge on any atom is -0.374 e. The smallest absolute Gasteiger partial charge is 0.254 e. The normalized spacial score (nSPS) is 19.7. The van der Waals surface area contributed by atoms with Crippen molar-refractivity contribution in [3.63, 3.8) is 0 Å². The molecule has 1 amide bonds. The molecule has 0 aliphatic carbocycles. The molecule has 2 unspecified atom stereocenters. The van der Waals surface area contributed by atoms with Gasteiger partial charge in [-0.05, 0) is 56.0 Å². The van der Waals surface area contributed by atoms with Crippen LogP contribution in [0.2, 0.25) is 0 Å². The summed E-state index contributed by atoms with van der Waals surface area (Å²) in [6.07, 6.45) is 1.01. The first-order valence-electron chi connectivity index (χ1n) is 8.24. The summed E-state index contributed by atoms with van der Waals surface area (Å²) in [4.78, 5) is 16.8. The van der Waals surface area contributed by atoms with Gasteiger partial charge in [-0.2, -0.15) is 0 Å². The summed E-state index contributed by atoms with van der Waals surface area (Å²) in [5, 5.41) is 0. The van der Waals surface area contributed by atoms with E-state index in [2.05, 4.69) is 32.7 Å². The molecule has 138 valence electrons. The van der Waals surface area contributed by atoms with E-state index in [-0.39, 0.29) is 36.8 Å². The van der Waals surface area contributed by atoms with Gasteiger partial charge in [-0.25, -0.2) is 0 Å². The molecule has 1 aromatic rings. The fourth-order valence-electron chi connectivity index (χ4n) is 3.27. The van der Waals surface area contributed by atoms with Gasteiger partial charge in [0.2, 0.25) is 0 Å². The van der Waals surface area contributed by atoms with E-state index in [4.69, 9.17) is 5.73 Å². The molecule has 0 bridgehead atoms. The highest BCUT2D eigenvalue weighted by molar-refractivity contribution is 5.95. The van der Waals surface area contributed by atoms with Crippen molar-refractivity contribution in [2.75, 3.05) is 31.6 Å². The molecule has 0 saturated carbocycles. The Morgan fingerprint density at radius 3 is 2.33 bits per heavy atom. The topological polar surface area (TPSA) is 49.6 Å². The molecule has 2 N–H and O–H groups in total. The number of carbonyl (C=O) groups is 1. The van der Waals surface area contributed by atoms with Crippen molar-refractivity contribution in [1.82, 2.24) is 4.90 Å². The number of hydrogen-bond donors (Lipinski definition) is 1. The third-order valence-electron chi connectivity index (χ3n) is 4.45. The van der Waals surface area contributed by atoms with E-state index in [1.807, 2.05) is 29.2 Å². The van der Waals surface area contributed by atoms with Crippen LogP contribution < -0.4 is 10.6 Å². The van der Waals surface area contributed by atoms with Crippen molar-refractivity contribution < 1.29 is 4.79 Å². The van der Waals surface area contributed by atoms with Crippen molar-refractivity contribution in [3.05, 3.63) is 29.8 Å². The quantitative estimate of drug-likeness (QED) is 0.857. The van der Waals surface area contributed by atoms with Gasteiger partial charge in [-0.1, -0.05) is 13.8 Å². The Morgan fingerprint density at radius 1 is 1.29 bits per heavy atom. The largest absolute Gasteiger partial charge is 0.374 e. The molecule has 2 rings (SSSR count). The van der Waals surface area contributed by atoms with E-state index >= 15 is 0 Å². The van der Waals surface area contributed by atoms with E-state index in [0.29, 0.717) is 18.4 Å². The maximum Gasteiger partial charge on any atom is 0.254 e. The average Bonchev–Trinajstić information content (AvgIpc) is 2.87. The summed E-state index contributed by atoms with van der Waals surface area (Å²) in [6.45, 7) is 8.97. The Kier molecular flexibility index (Phi) is 9.71. The Hall–Kier alpha value is -0.970. The molecule has 0 aromatic heterocycles. The number of nitrogens with two attached hydrogens (primary N) is 1. The number of halogens is 2. The summed E-state index contributed by atoms with van der Waals surface area (Å²) >= 11 is 0. The number of nitrogens with zero attached hydrogens (tertiary/aromatic N) is 2. The molecular weight excluding hydrogens is 345 g/mol. The van der Waals surface area contributed by atoms with Crippen molar-refractivity contribution in [1.29, 1.82) is 0 Å². The van der Waals surface area contributed by atoms with Gasteiger partial charge in [0.15, 0.2) is 0 Å². The Balaban J connectivity index is 0.00000264. The van der Waals surface area contributed by atoms with Gasteiger partial charge in [0, 0.05) is 37.4 Å². The number of likely N-dealkylation sites (tertiary alicyclic amines) is 1. The van der Waals surface area contributed by atoms with Crippen LogP contribution in [-0.2, 0) is 0 Å². The van der Waals surface area contributed by atoms with Crippen LogP contribution in [0.3, 0.4) is 0 Å². The Labute approximate surface area is 158 Å². The third-order valence-corrected chi connectivity index (χ3v) is 4.45. The lowest BCUT2D eigenvalue weighted by atomic mass is 10.1. The molecule has 4 nitrogen and oxygen atoms in total. The maximum atomic E-state index is 12.6. The molecule has 0 radical (unpaired) electrons. The van der Waals surface area contributed by atoms with Crippen molar-refractivity contribution in [3.8, 4) is 0 Å². The highest BCUT2D eigenvalue weighted by Crippen LogP contribution is 2.25. The predicted octanol–water partition coefficient (Wildman–Crippen LogP) is 3.43. The minimum atomic E-state index is 0. The first-order chi connectivity index (χ1) is 10.4. The van der Waals surface area contributed by atoms with Crippen LogP contribution in [0.5, 0.6) is 0 Å². The molecule has 2 atom stereocenters. The van der Waals surface area contributed by atoms with Gasteiger partial charge in [0.25, 0.3) is 5.91 Å². The van der Waals surface area contributed by atoms with Gasteiger partial charge in [-0.15, -0.1) is 24.8 Å². The lowest BCUT2D eigenvalue weighted by Gasteiger charge is -2.23. The second kappa shape index (κ2) is 10.1. The molecule has 1 aromatic carbocycles. The molecule has 24 heavy (non-hydrogen) atoms. The highest BCUT2D eigenvalue weighted by Gasteiger charge is 2.31. The number of amides is 1. The van der Waals surface area contributed by atoms with Gasteiger partial charge >= 0.3 is 0 Å². The van der Waals surface area contributed by atoms with E-state index in [1.54, 1.807) is 0 Å². The molecule has 1 fully saturated rings. The van der Waals surface area contributed by atoms with E-state index in [0.717, 1.165) is 30.8 Å². The van der Waals surface area contributed by atoms with Crippen LogP contribution in [0.1, 0.15) is 37.6 Å². The third kappa shape index (κ3) is 5.54. The predicted molar refractivity (Wildman–Crippen MR) is 107 cm³/mol. The molecule has 1 aliphatic rings. The molecule has 0 spiro atoms. The Bertz CT molecular complexity index is 507. The lowest BCUT2D eigenvalue weighted by molar-refractivity contribution is 0.0743. The van der Waals surface area contributed by atoms with E-state index in [1.165, 1.54) is 0 Å². The van der Waals surface area contributed by atoms with Crippen LogP contribution in [0.4, 0.5) is 5.69 Å². The van der Waals surface area contributed by atoms with Crippen molar-refractivity contribution in [2.45, 2.75) is 33.2 Å². The standard InChI is InChI=1S/C18H29N3O.2ClH/c1-13(2)11-20(4)17-7-5-16(6-8-17)18(22)21-12-15(10-19)9-14(21)3;;/h5-8,13-15H,9-12,19H2,1-4H3;2*1H. The molecule has 6 heteroatoms. The van der Waals surface area contributed by atoms with Crippen molar-refractivity contribution in [2.24, 2.45) is 17.6 Å². The molecule has 1 heterocycles. The second-order valence-corrected chi connectivity index (χ2v) is 6.97. The SMILES string of the molecule is CC(C)CN(C)c1ccc(C(=O)N2CC(CN)CC2C)cc1.Cl.Cl. The Morgan fingerprint density at radius 2 is 1.88 bits per heavy atom. The van der Waals surface area contributed by atoms with Gasteiger partial charge in [-0.3, -0.25) is 4.79 Å².